The van der Waals surface area contributed by atoms with Gasteiger partial charge in [-0.1, -0.05) is 36.4 Å². The van der Waals surface area contributed by atoms with Crippen molar-refractivity contribution >= 4 is 29.9 Å². The molecule has 2 N–H and O–H groups in total. The lowest BCUT2D eigenvalue weighted by atomic mass is 10.1. The fourth-order valence-corrected chi connectivity index (χ4v) is 3.63. The highest BCUT2D eigenvalue weighted by Crippen LogP contribution is 2.17. The zero-order valence-electron chi connectivity index (χ0n) is 18.5. The first-order valence-corrected chi connectivity index (χ1v) is 10.3. The summed E-state index contributed by atoms with van der Waals surface area (Å²) in [6.45, 7) is 5.37. The molecule has 0 saturated heterocycles. The summed E-state index contributed by atoms with van der Waals surface area (Å²) in [5.74, 6) is 0.739. The predicted octanol–water partition coefficient (Wildman–Crippen LogP) is 4.16. The Balaban J connectivity index is 0.00000289. The van der Waals surface area contributed by atoms with Crippen LogP contribution in [-0.4, -0.2) is 32.3 Å². The number of guanidine groups is 1. The van der Waals surface area contributed by atoms with Crippen molar-refractivity contribution in [3.8, 4) is 11.4 Å². The summed E-state index contributed by atoms with van der Waals surface area (Å²) in [4.78, 5) is 8.54. The topological polar surface area (TPSA) is 72.1 Å². The Kier molecular flexibility index (Phi) is 8.04. The van der Waals surface area contributed by atoms with E-state index < -0.39 is 0 Å². The van der Waals surface area contributed by atoms with Crippen molar-refractivity contribution in [2.24, 2.45) is 4.99 Å². The number of benzene rings is 2. The summed E-state index contributed by atoms with van der Waals surface area (Å²) in [5.41, 5.74) is 6.60. The third-order valence-corrected chi connectivity index (χ3v) is 5.12. The molecule has 0 aliphatic heterocycles. The van der Waals surface area contributed by atoms with Gasteiger partial charge in [0.05, 0.1) is 23.4 Å². The minimum absolute atomic E-state index is 0. The molecule has 0 bridgehead atoms. The molecule has 0 radical (unpaired) electrons. The van der Waals surface area contributed by atoms with E-state index in [2.05, 4.69) is 63.0 Å². The summed E-state index contributed by atoms with van der Waals surface area (Å²) in [6, 6.07) is 18.6. The first-order chi connectivity index (χ1) is 15.2. The molecule has 2 aromatic carbocycles. The second kappa shape index (κ2) is 10.9. The standard InChI is InChI=1S/C24H27N7.HI/c1-18-14-19(2)31(29-18)23-11-7-5-9-21(23)16-28-24(25-3)27-15-20-8-4-6-10-22(20)30-13-12-26-17-30;/h4-14,17H,15-16H2,1-3H3,(H2,25,27,28);1H. The molecule has 0 fully saturated rings. The van der Waals surface area contributed by atoms with Gasteiger partial charge in [0.2, 0.25) is 0 Å². The van der Waals surface area contributed by atoms with Gasteiger partial charge in [-0.3, -0.25) is 4.99 Å². The molecule has 0 aliphatic carbocycles. The molecule has 0 aliphatic rings. The lowest BCUT2D eigenvalue weighted by Gasteiger charge is -2.16. The Bertz CT molecular complexity index is 1180. The molecule has 166 valence electrons. The van der Waals surface area contributed by atoms with Crippen molar-refractivity contribution in [1.29, 1.82) is 0 Å². The molecule has 32 heavy (non-hydrogen) atoms. The van der Waals surface area contributed by atoms with Gasteiger partial charge in [0, 0.05) is 38.2 Å². The maximum absolute atomic E-state index is 4.63. The second-order valence-corrected chi connectivity index (χ2v) is 7.35. The quantitative estimate of drug-likeness (QED) is 0.219. The molecular weight excluding hydrogens is 513 g/mol. The van der Waals surface area contributed by atoms with Gasteiger partial charge in [-0.05, 0) is 43.2 Å². The fraction of sp³-hybridized carbons (Fsp3) is 0.208. The van der Waals surface area contributed by atoms with Crippen molar-refractivity contribution < 1.29 is 0 Å². The minimum Gasteiger partial charge on any atom is -0.352 e. The third kappa shape index (κ3) is 5.37. The van der Waals surface area contributed by atoms with Crippen LogP contribution in [0.25, 0.3) is 11.4 Å². The molecule has 8 heteroatoms. The molecule has 0 spiro atoms. The summed E-state index contributed by atoms with van der Waals surface area (Å²) >= 11 is 0. The van der Waals surface area contributed by atoms with E-state index in [9.17, 15) is 0 Å². The fourth-order valence-electron chi connectivity index (χ4n) is 3.63. The summed E-state index contributed by atoms with van der Waals surface area (Å²) < 4.78 is 4.00. The average molecular weight is 541 g/mol. The van der Waals surface area contributed by atoms with Crippen LogP contribution in [0.1, 0.15) is 22.5 Å². The van der Waals surface area contributed by atoms with Crippen LogP contribution in [0.2, 0.25) is 0 Å². The number of aromatic nitrogens is 4. The molecule has 4 aromatic rings. The average Bonchev–Trinajstić information content (AvgIpc) is 3.44. The zero-order chi connectivity index (χ0) is 21.6. The van der Waals surface area contributed by atoms with Crippen LogP contribution in [0.4, 0.5) is 0 Å². The molecular formula is C24H28IN7. The van der Waals surface area contributed by atoms with Gasteiger partial charge < -0.3 is 15.2 Å². The molecule has 2 aromatic heterocycles. The van der Waals surface area contributed by atoms with Crippen molar-refractivity contribution in [2.45, 2.75) is 26.9 Å². The number of halogens is 1. The van der Waals surface area contributed by atoms with E-state index in [1.54, 1.807) is 13.2 Å². The Labute approximate surface area is 205 Å². The van der Waals surface area contributed by atoms with E-state index in [1.807, 2.05) is 53.0 Å². The smallest absolute Gasteiger partial charge is 0.191 e. The summed E-state index contributed by atoms with van der Waals surface area (Å²) in [5, 5.41) is 11.5. The van der Waals surface area contributed by atoms with Crippen LogP contribution < -0.4 is 10.6 Å². The number of nitrogens with zero attached hydrogens (tertiary/aromatic N) is 5. The van der Waals surface area contributed by atoms with E-state index in [-0.39, 0.29) is 24.0 Å². The van der Waals surface area contributed by atoms with Crippen LogP contribution in [0.3, 0.4) is 0 Å². The van der Waals surface area contributed by atoms with Crippen molar-refractivity contribution in [1.82, 2.24) is 30.0 Å². The highest BCUT2D eigenvalue weighted by atomic mass is 127. The van der Waals surface area contributed by atoms with Crippen LogP contribution in [0.5, 0.6) is 0 Å². The Morgan fingerprint density at radius 1 is 0.938 bits per heavy atom. The second-order valence-electron chi connectivity index (χ2n) is 7.35. The molecule has 4 rings (SSSR count). The summed E-state index contributed by atoms with van der Waals surface area (Å²) in [6.07, 6.45) is 5.54. The third-order valence-electron chi connectivity index (χ3n) is 5.12. The zero-order valence-corrected chi connectivity index (χ0v) is 20.8. The van der Waals surface area contributed by atoms with Crippen molar-refractivity contribution in [3.05, 3.63) is 95.8 Å². The lowest BCUT2D eigenvalue weighted by molar-refractivity contribution is 0.779. The first-order valence-electron chi connectivity index (χ1n) is 10.3. The number of rotatable bonds is 6. The highest BCUT2D eigenvalue weighted by Gasteiger charge is 2.10. The maximum atomic E-state index is 4.63. The van der Waals surface area contributed by atoms with Crippen LogP contribution in [0.15, 0.2) is 78.3 Å². The number of hydrogen-bond donors (Lipinski definition) is 2. The van der Waals surface area contributed by atoms with Gasteiger partial charge in [-0.15, -0.1) is 24.0 Å². The number of hydrogen-bond acceptors (Lipinski definition) is 3. The van der Waals surface area contributed by atoms with Gasteiger partial charge in [-0.2, -0.15) is 5.10 Å². The highest BCUT2D eigenvalue weighted by molar-refractivity contribution is 14.0. The van der Waals surface area contributed by atoms with E-state index in [0.29, 0.717) is 13.1 Å². The van der Waals surface area contributed by atoms with E-state index in [1.165, 1.54) is 0 Å². The molecule has 0 amide bonds. The number of imidazole rings is 1. The monoisotopic (exact) mass is 541 g/mol. The number of para-hydroxylation sites is 2. The Morgan fingerprint density at radius 3 is 2.12 bits per heavy atom. The van der Waals surface area contributed by atoms with Gasteiger partial charge in [0.15, 0.2) is 5.96 Å². The van der Waals surface area contributed by atoms with E-state index in [4.69, 9.17) is 0 Å². The molecule has 7 nitrogen and oxygen atoms in total. The normalized spacial score (nSPS) is 11.2. The van der Waals surface area contributed by atoms with Gasteiger partial charge >= 0.3 is 0 Å². The van der Waals surface area contributed by atoms with Gasteiger partial charge in [0.1, 0.15) is 0 Å². The molecule has 0 unspecified atom stereocenters. The van der Waals surface area contributed by atoms with Crippen LogP contribution in [0, 0.1) is 13.8 Å². The first kappa shape index (κ1) is 23.5. The predicted molar refractivity (Wildman–Crippen MR) is 139 cm³/mol. The van der Waals surface area contributed by atoms with Crippen molar-refractivity contribution in [3.63, 3.8) is 0 Å². The lowest BCUT2D eigenvalue weighted by Crippen LogP contribution is -2.36. The Hall–Kier alpha value is -3.14. The largest absolute Gasteiger partial charge is 0.352 e. The van der Waals surface area contributed by atoms with E-state index in [0.717, 1.165) is 39.8 Å². The van der Waals surface area contributed by atoms with Crippen LogP contribution in [-0.2, 0) is 13.1 Å². The van der Waals surface area contributed by atoms with Crippen LogP contribution >= 0.6 is 24.0 Å². The number of aryl methyl sites for hydroxylation is 2. The molecule has 2 heterocycles. The number of aliphatic imine (C=N–C) groups is 1. The Morgan fingerprint density at radius 2 is 1.56 bits per heavy atom. The van der Waals surface area contributed by atoms with E-state index >= 15 is 0 Å². The van der Waals surface area contributed by atoms with Gasteiger partial charge in [0.25, 0.3) is 0 Å². The molecule has 0 saturated carbocycles. The van der Waals surface area contributed by atoms with Crippen molar-refractivity contribution in [2.75, 3.05) is 7.05 Å². The van der Waals surface area contributed by atoms with Gasteiger partial charge in [-0.25, -0.2) is 9.67 Å². The molecule has 0 atom stereocenters. The number of nitrogens with one attached hydrogen (secondary N) is 2. The SMILES string of the molecule is CN=C(NCc1ccccc1-n1ccnc1)NCc1ccccc1-n1nc(C)cc1C.I. The maximum Gasteiger partial charge on any atom is 0.191 e. The minimum atomic E-state index is 0. The summed E-state index contributed by atoms with van der Waals surface area (Å²) in [7, 11) is 1.78.